The molecule has 1 aromatic heterocycles. The van der Waals surface area contributed by atoms with Crippen LogP contribution in [0.2, 0.25) is 0 Å². The second-order valence-corrected chi connectivity index (χ2v) is 5.76. The van der Waals surface area contributed by atoms with E-state index in [4.69, 9.17) is 5.11 Å². The number of hydrogen-bond donors (Lipinski definition) is 1. The summed E-state index contributed by atoms with van der Waals surface area (Å²) in [5, 5.41) is 11.1. The van der Waals surface area contributed by atoms with Crippen LogP contribution in [0.5, 0.6) is 0 Å². The number of urea groups is 1. The highest BCUT2D eigenvalue weighted by Gasteiger charge is 2.35. The zero-order valence-corrected chi connectivity index (χ0v) is 11.7. The summed E-state index contributed by atoms with van der Waals surface area (Å²) in [6.45, 7) is 1.15. The lowest BCUT2D eigenvalue weighted by atomic mass is 10.2. The van der Waals surface area contributed by atoms with Crippen molar-refractivity contribution in [2.75, 3.05) is 20.1 Å². The molecule has 0 bridgehead atoms. The molecular formula is C13H18N2O3S. The van der Waals surface area contributed by atoms with Gasteiger partial charge in [0.05, 0.1) is 0 Å². The van der Waals surface area contributed by atoms with Gasteiger partial charge in [0, 0.05) is 25.0 Å². The van der Waals surface area contributed by atoms with Crippen LogP contribution in [0.4, 0.5) is 4.79 Å². The lowest BCUT2D eigenvalue weighted by molar-refractivity contribution is -0.141. The quantitative estimate of drug-likeness (QED) is 0.917. The molecule has 1 aliphatic rings. The maximum Gasteiger partial charge on any atom is 0.326 e. The third-order valence-electron chi connectivity index (χ3n) is 3.38. The molecule has 5 nitrogen and oxygen atoms in total. The second kappa shape index (κ2) is 6.06. The number of nitrogens with zero attached hydrogens (tertiary/aromatic N) is 2. The van der Waals surface area contributed by atoms with Crippen molar-refractivity contribution in [2.45, 2.75) is 25.3 Å². The first-order chi connectivity index (χ1) is 9.09. The largest absolute Gasteiger partial charge is 0.480 e. The molecule has 0 unspecified atom stereocenters. The van der Waals surface area contributed by atoms with E-state index in [9.17, 15) is 9.59 Å². The Hall–Kier alpha value is -1.56. The molecule has 1 fully saturated rings. The number of likely N-dealkylation sites (tertiary alicyclic amines) is 1. The summed E-state index contributed by atoms with van der Waals surface area (Å²) in [5.41, 5.74) is 0. The number of carbonyl (C=O) groups is 2. The number of rotatable bonds is 4. The monoisotopic (exact) mass is 282 g/mol. The van der Waals surface area contributed by atoms with Gasteiger partial charge in [-0.1, -0.05) is 6.07 Å². The topological polar surface area (TPSA) is 60.9 Å². The smallest absolute Gasteiger partial charge is 0.326 e. The Morgan fingerprint density at radius 2 is 2.37 bits per heavy atom. The minimum Gasteiger partial charge on any atom is -0.480 e. The second-order valence-electron chi connectivity index (χ2n) is 4.72. The average molecular weight is 282 g/mol. The average Bonchev–Trinajstić information content (AvgIpc) is 3.05. The lowest BCUT2D eigenvalue weighted by Crippen LogP contribution is -2.47. The molecule has 1 aromatic rings. The first-order valence-electron chi connectivity index (χ1n) is 6.36. The summed E-state index contributed by atoms with van der Waals surface area (Å²) in [7, 11) is 1.73. The Morgan fingerprint density at radius 3 is 3.00 bits per heavy atom. The Labute approximate surface area is 116 Å². The minimum atomic E-state index is -0.905. The molecule has 0 radical (unpaired) electrons. The fourth-order valence-electron chi connectivity index (χ4n) is 2.30. The van der Waals surface area contributed by atoms with Crippen molar-refractivity contribution in [1.29, 1.82) is 0 Å². The van der Waals surface area contributed by atoms with Gasteiger partial charge in [-0.2, -0.15) is 0 Å². The van der Waals surface area contributed by atoms with Crippen molar-refractivity contribution in [3.05, 3.63) is 22.4 Å². The normalized spacial score (nSPS) is 18.6. The van der Waals surface area contributed by atoms with Crippen LogP contribution < -0.4 is 0 Å². The van der Waals surface area contributed by atoms with Gasteiger partial charge in [0.2, 0.25) is 0 Å². The van der Waals surface area contributed by atoms with E-state index >= 15 is 0 Å². The molecular weight excluding hydrogens is 264 g/mol. The summed E-state index contributed by atoms with van der Waals surface area (Å²) in [5.74, 6) is -0.905. The zero-order valence-electron chi connectivity index (χ0n) is 10.9. The Balaban J connectivity index is 1.89. The van der Waals surface area contributed by atoms with E-state index in [0.717, 1.165) is 12.8 Å². The maximum absolute atomic E-state index is 12.2. The van der Waals surface area contributed by atoms with Crippen molar-refractivity contribution in [2.24, 2.45) is 0 Å². The van der Waals surface area contributed by atoms with E-state index in [1.165, 1.54) is 9.78 Å². The predicted octanol–water partition coefficient (Wildman–Crippen LogP) is 1.89. The van der Waals surface area contributed by atoms with Crippen molar-refractivity contribution in [3.8, 4) is 0 Å². The highest BCUT2D eigenvalue weighted by Crippen LogP contribution is 2.19. The molecule has 0 aromatic carbocycles. The molecule has 0 saturated carbocycles. The van der Waals surface area contributed by atoms with Gasteiger partial charge in [0.1, 0.15) is 6.04 Å². The van der Waals surface area contributed by atoms with Crippen molar-refractivity contribution < 1.29 is 14.7 Å². The molecule has 104 valence electrons. The molecule has 1 aliphatic heterocycles. The third kappa shape index (κ3) is 3.26. The standard InChI is InChI=1S/C13H18N2O3S/c1-14(8-6-10-4-3-9-19-10)13(18)15-7-2-5-11(15)12(16)17/h3-4,9,11H,2,5-8H2,1H3,(H,16,17)/t11-/m0/s1. The van der Waals surface area contributed by atoms with Gasteiger partial charge in [0.25, 0.3) is 0 Å². The van der Waals surface area contributed by atoms with Crippen LogP contribution in [0, 0.1) is 0 Å². The van der Waals surface area contributed by atoms with Crippen LogP contribution >= 0.6 is 11.3 Å². The van der Waals surface area contributed by atoms with Gasteiger partial charge >= 0.3 is 12.0 Å². The zero-order chi connectivity index (χ0) is 13.8. The van der Waals surface area contributed by atoms with Crippen LogP contribution in [-0.2, 0) is 11.2 Å². The van der Waals surface area contributed by atoms with E-state index in [2.05, 4.69) is 0 Å². The van der Waals surface area contributed by atoms with Crippen LogP contribution in [0.25, 0.3) is 0 Å². The number of likely N-dealkylation sites (N-methyl/N-ethyl adjacent to an activating group) is 1. The van der Waals surface area contributed by atoms with Crippen LogP contribution in [0.15, 0.2) is 17.5 Å². The van der Waals surface area contributed by atoms with E-state index < -0.39 is 12.0 Å². The molecule has 1 N–H and O–H groups in total. The molecule has 1 saturated heterocycles. The third-order valence-corrected chi connectivity index (χ3v) is 4.32. The van der Waals surface area contributed by atoms with Crippen LogP contribution in [0.3, 0.4) is 0 Å². The molecule has 2 amide bonds. The number of carboxylic acid groups (broad SMARTS) is 1. The number of carbonyl (C=O) groups excluding carboxylic acids is 1. The van der Waals surface area contributed by atoms with Gasteiger partial charge in [0.15, 0.2) is 0 Å². The van der Waals surface area contributed by atoms with Crippen molar-refractivity contribution >= 4 is 23.3 Å². The molecule has 0 aliphatic carbocycles. The Kier molecular flexibility index (Phi) is 4.42. The lowest BCUT2D eigenvalue weighted by Gasteiger charge is -2.27. The summed E-state index contributed by atoms with van der Waals surface area (Å²) in [4.78, 5) is 27.6. The summed E-state index contributed by atoms with van der Waals surface area (Å²) in [6, 6.07) is 3.19. The molecule has 6 heteroatoms. The fourth-order valence-corrected chi connectivity index (χ4v) is 3.00. The van der Waals surface area contributed by atoms with Gasteiger partial charge in [-0.3, -0.25) is 0 Å². The summed E-state index contributed by atoms with van der Waals surface area (Å²) >= 11 is 1.67. The molecule has 0 spiro atoms. The number of thiophene rings is 1. The Morgan fingerprint density at radius 1 is 1.58 bits per heavy atom. The van der Waals surface area contributed by atoms with Crippen molar-refractivity contribution in [3.63, 3.8) is 0 Å². The van der Waals surface area contributed by atoms with Gasteiger partial charge in [-0.15, -0.1) is 11.3 Å². The minimum absolute atomic E-state index is 0.179. The van der Waals surface area contributed by atoms with E-state index in [1.807, 2.05) is 17.5 Å². The molecule has 19 heavy (non-hydrogen) atoms. The summed E-state index contributed by atoms with van der Waals surface area (Å²) in [6.07, 6.45) is 2.13. The number of carboxylic acids is 1. The predicted molar refractivity (Wildman–Crippen MR) is 73.4 cm³/mol. The molecule has 1 atom stereocenters. The number of aliphatic carboxylic acids is 1. The molecule has 2 heterocycles. The van der Waals surface area contributed by atoms with E-state index in [0.29, 0.717) is 19.5 Å². The van der Waals surface area contributed by atoms with Gasteiger partial charge in [-0.25, -0.2) is 9.59 Å². The van der Waals surface area contributed by atoms with E-state index in [-0.39, 0.29) is 6.03 Å². The first-order valence-corrected chi connectivity index (χ1v) is 7.24. The van der Waals surface area contributed by atoms with Crippen LogP contribution in [0.1, 0.15) is 17.7 Å². The van der Waals surface area contributed by atoms with E-state index in [1.54, 1.807) is 23.3 Å². The fraction of sp³-hybridized carbons (Fsp3) is 0.538. The van der Waals surface area contributed by atoms with Gasteiger partial charge < -0.3 is 14.9 Å². The number of amides is 2. The summed E-state index contributed by atoms with van der Waals surface area (Å²) < 4.78 is 0. The highest BCUT2D eigenvalue weighted by atomic mass is 32.1. The SMILES string of the molecule is CN(CCc1cccs1)C(=O)N1CCC[C@H]1C(=O)O. The maximum atomic E-state index is 12.2. The highest BCUT2D eigenvalue weighted by molar-refractivity contribution is 7.09. The van der Waals surface area contributed by atoms with Crippen LogP contribution in [-0.4, -0.2) is 53.1 Å². The van der Waals surface area contributed by atoms with Crippen molar-refractivity contribution in [1.82, 2.24) is 9.80 Å². The van der Waals surface area contributed by atoms with Gasteiger partial charge in [-0.05, 0) is 30.7 Å². The molecule has 2 rings (SSSR count). The Bertz CT molecular complexity index is 447. The first kappa shape index (κ1) is 13.9. The number of hydrogen-bond acceptors (Lipinski definition) is 3.